The minimum absolute atomic E-state index is 0.0622. The lowest BCUT2D eigenvalue weighted by Gasteiger charge is -2.15. The summed E-state index contributed by atoms with van der Waals surface area (Å²) in [5, 5.41) is 9.77. The Kier molecular flexibility index (Phi) is 4.87. The molecule has 1 aliphatic rings. The molecule has 0 bridgehead atoms. The predicted molar refractivity (Wildman–Crippen MR) is 87.1 cm³/mol. The predicted octanol–water partition coefficient (Wildman–Crippen LogP) is 1.75. The minimum atomic E-state index is -0.0622. The molecule has 1 fully saturated rings. The van der Waals surface area contributed by atoms with Crippen molar-refractivity contribution in [1.29, 1.82) is 0 Å². The van der Waals surface area contributed by atoms with Crippen molar-refractivity contribution in [3.8, 4) is 0 Å². The second-order valence-corrected chi connectivity index (χ2v) is 5.92. The molecule has 3 heterocycles. The van der Waals surface area contributed by atoms with E-state index in [2.05, 4.69) is 32.6 Å². The summed E-state index contributed by atoms with van der Waals surface area (Å²) in [7, 11) is 0. The Bertz CT molecular complexity index is 644. The topological polar surface area (TPSA) is 83.3 Å². The molecule has 0 radical (unpaired) electrons. The first kappa shape index (κ1) is 15.5. The first-order valence-corrected chi connectivity index (χ1v) is 7.78. The van der Waals surface area contributed by atoms with Crippen molar-refractivity contribution >= 4 is 17.5 Å². The number of carbonyl (C=O) groups is 1. The normalized spacial score (nSPS) is 18.0. The van der Waals surface area contributed by atoms with Crippen LogP contribution in [-0.4, -0.2) is 47.1 Å². The molecule has 0 aliphatic carbocycles. The molecule has 2 aromatic rings. The maximum absolute atomic E-state index is 11.9. The summed E-state index contributed by atoms with van der Waals surface area (Å²) in [6.45, 7) is 5.15. The Morgan fingerprint density at radius 1 is 1.43 bits per heavy atom. The van der Waals surface area contributed by atoms with Gasteiger partial charge < -0.3 is 15.2 Å². The number of anilines is 2. The number of pyridine rings is 1. The number of hydrogen-bond acceptors (Lipinski definition) is 6. The Balaban J connectivity index is 1.40. The van der Waals surface area contributed by atoms with Crippen molar-refractivity contribution in [3.63, 3.8) is 0 Å². The first-order chi connectivity index (χ1) is 11.2. The molecule has 0 spiro atoms. The Labute approximate surface area is 135 Å². The van der Waals surface area contributed by atoms with Gasteiger partial charge in [0.15, 0.2) is 5.82 Å². The largest absolute Gasteiger partial charge is 0.370 e. The zero-order valence-electron chi connectivity index (χ0n) is 13.2. The molecule has 1 saturated heterocycles. The van der Waals surface area contributed by atoms with Crippen LogP contribution in [0, 0.1) is 12.8 Å². The van der Waals surface area contributed by atoms with Crippen LogP contribution in [0.15, 0.2) is 35.2 Å². The summed E-state index contributed by atoms with van der Waals surface area (Å²) in [5.41, 5.74) is 1.19. The minimum Gasteiger partial charge on any atom is -0.370 e. The van der Waals surface area contributed by atoms with E-state index < -0.39 is 0 Å². The van der Waals surface area contributed by atoms with E-state index in [-0.39, 0.29) is 5.91 Å². The lowest BCUT2D eigenvalue weighted by molar-refractivity contribution is -0.117. The third-order valence-corrected chi connectivity index (χ3v) is 3.93. The van der Waals surface area contributed by atoms with Crippen LogP contribution in [0.25, 0.3) is 0 Å². The molecule has 0 unspecified atom stereocenters. The molecule has 2 N–H and O–H groups in total. The van der Waals surface area contributed by atoms with Gasteiger partial charge in [0, 0.05) is 25.4 Å². The van der Waals surface area contributed by atoms with Crippen LogP contribution in [0.3, 0.4) is 0 Å². The fraction of sp³-hybridized carbons (Fsp3) is 0.438. The molecule has 2 aromatic heterocycles. The van der Waals surface area contributed by atoms with Crippen molar-refractivity contribution < 1.29 is 9.32 Å². The molecule has 1 amide bonds. The number of nitrogens with zero attached hydrogens (tertiary/aromatic N) is 3. The molecule has 122 valence electrons. The Morgan fingerprint density at radius 3 is 3.13 bits per heavy atom. The van der Waals surface area contributed by atoms with Gasteiger partial charge in [-0.25, -0.2) is 4.98 Å². The van der Waals surface area contributed by atoms with Crippen LogP contribution in [0.1, 0.15) is 12.0 Å². The van der Waals surface area contributed by atoms with Crippen molar-refractivity contribution in [2.24, 2.45) is 5.92 Å². The molecule has 0 saturated carbocycles. The summed E-state index contributed by atoms with van der Waals surface area (Å²) in [5.74, 6) is 1.83. The van der Waals surface area contributed by atoms with Crippen molar-refractivity contribution in [1.82, 2.24) is 15.0 Å². The second-order valence-electron chi connectivity index (χ2n) is 5.92. The van der Waals surface area contributed by atoms with Gasteiger partial charge in [0.25, 0.3) is 0 Å². The van der Waals surface area contributed by atoms with Gasteiger partial charge in [-0.05, 0) is 43.5 Å². The highest BCUT2D eigenvalue weighted by Gasteiger charge is 2.24. The highest BCUT2D eigenvalue weighted by atomic mass is 16.5. The van der Waals surface area contributed by atoms with E-state index >= 15 is 0 Å². The lowest BCUT2D eigenvalue weighted by Crippen LogP contribution is -2.32. The molecule has 7 heteroatoms. The van der Waals surface area contributed by atoms with E-state index in [9.17, 15) is 4.79 Å². The van der Waals surface area contributed by atoms with Crippen LogP contribution >= 0.6 is 0 Å². The Morgan fingerprint density at radius 2 is 2.35 bits per heavy atom. The highest BCUT2D eigenvalue weighted by Crippen LogP contribution is 2.17. The maximum Gasteiger partial charge on any atom is 0.239 e. The van der Waals surface area contributed by atoms with Crippen LogP contribution in [-0.2, 0) is 4.79 Å². The molecule has 3 rings (SSSR count). The monoisotopic (exact) mass is 315 g/mol. The molecule has 1 aliphatic heterocycles. The van der Waals surface area contributed by atoms with Gasteiger partial charge in [-0.15, -0.1) is 0 Å². The third-order valence-electron chi connectivity index (χ3n) is 3.93. The van der Waals surface area contributed by atoms with Crippen LogP contribution in [0.2, 0.25) is 0 Å². The molecular weight excluding hydrogens is 294 g/mol. The van der Waals surface area contributed by atoms with E-state index in [4.69, 9.17) is 4.52 Å². The standard InChI is InChI=1S/C16H21N5O2/c1-12-2-5-17-15(8-12)18-9-13-3-6-21(10-13)11-16(22)19-14-4-7-23-20-14/h2,4-5,7-8,13H,3,6,9-11H2,1H3,(H,17,18)(H,19,20,22)/t13-/m1/s1. The number of amides is 1. The number of carbonyl (C=O) groups excluding carboxylic acids is 1. The number of nitrogens with one attached hydrogen (secondary N) is 2. The highest BCUT2D eigenvalue weighted by molar-refractivity contribution is 5.91. The fourth-order valence-electron chi connectivity index (χ4n) is 2.77. The summed E-state index contributed by atoms with van der Waals surface area (Å²) in [4.78, 5) is 18.4. The van der Waals surface area contributed by atoms with E-state index in [1.165, 1.54) is 11.8 Å². The maximum atomic E-state index is 11.9. The average Bonchev–Trinajstić information content (AvgIpc) is 3.17. The third kappa shape index (κ3) is 4.53. The number of rotatable bonds is 6. The van der Waals surface area contributed by atoms with Gasteiger partial charge in [0.1, 0.15) is 12.1 Å². The summed E-state index contributed by atoms with van der Waals surface area (Å²) >= 11 is 0. The summed E-state index contributed by atoms with van der Waals surface area (Å²) in [6.07, 6.45) is 4.33. The van der Waals surface area contributed by atoms with Crippen molar-refractivity contribution in [3.05, 3.63) is 36.2 Å². The van der Waals surface area contributed by atoms with Gasteiger partial charge in [0.05, 0.1) is 6.54 Å². The number of likely N-dealkylation sites (tertiary alicyclic amines) is 1. The summed E-state index contributed by atoms with van der Waals surface area (Å²) < 4.78 is 4.69. The van der Waals surface area contributed by atoms with Gasteiger partial charge >= 0.3 is 0 Å². The average molecular weight is 315 g/mol. The van der Waals surface area contributed by atoms with E-state index in [1.807, 2.05) is 18.3 Å². The number of aromatic nitrogens is 2. The van der Waals surface area contributed by atoms with E-state index in [1.54, 1.807) is 6.07 Å². The van der Waals surface area contributed by atoms with Crippen molar-refractivity contribution in [2.45, 2.75) is 13.3 Å². The van der Waals surface area contributed by atoms with Gasteiger partial charge in [0.2, 0.25) is 5.91 Å². The van der Waals surface area contributed by atoms with E-state index in [0.29, 0.717) is 18.3 Å². The van der Waals surface area contributed by atoms with Crippen LogP contribution in [0.5, 0.6) is 0 Å². The van der Waals surface area contributed by atoms with Crippen LogP contribution in [0.4, 0.5) is 11.6 Å². The fourth-order valence-corrected chi connectivity index (χ4v) is 2.77. The molecular formula is C16H21N5O2. The molecule has 1 atom stereocenters. The first-order valence-electron chi connectivity index (χ1n) is 7.78. The zero-order valence-corrected chi connectivity index (χ0v) is 13.2. The number of aryl methyl sites for hydroxylation is 1. The Hall–Kier alpha value is -2.41. The molecule has 7 nitrogen and oxygen atoms in total. The lowest BCUT2D eigenvalue weighted by atomic mass is 10.1. The summed E-state index contributed by atoms with van der Waals surface area (Å²) in [6, 6.07) is 5.65. The molecule has 0 aromatic carbocycles. The van der Waals surface area contributed by atoms with Gasteiger partial charge in [-0.1, -0.05) is 5.16 Å². The smallest absolute Gasteiger partial charge is 0.239 e. The molecule has 23 heavy (non-hydrogen) atoms. The number of hydrogen-bond donors (Lipinski definition) is 2. The quantitative estimate of drug-likeness (QED) is 0.845. The second kappa shape index (κ2) is 7.23. The zero-order chi connectivity index (χ0) is 16.1. The van der Waals surface area contributed by atoms with Crippen molar-refractivity contribution in [2.75, 3.05) is 36.8 Å². The van der Waals surface area contributed by atoms with Gasteiger partial charge in [-0.2, -0.15) is 0 Å². The van der Waals surface area contributed by atoms with E-state index in [0.717, 1.165) is 31.9 Å². The SMILES string of the molecule is Cc1ccnc(NC[C@H]2CCN(CC(=O)Nc3ccon3)C2)c1. The van der Waals surface area contributed by atoms with Crippen LogP contribution < -0.4 is 10.6 Å². The van der Waals surface area contributed by atoms with Gasteiger partial charge in [-0.3, -0.25) is 9.69 Å².